The van der Waals surface area contributed by atoms with Crippen molar-refractivity contribution >= 4 is 23.4 Å². The van der Waals surface area contributed by atoms with E-state index in [-0.39, 0.29) is 18.4 Å². The molecule has 1 aromatic heterocycles. The molecule has 1 aliphatic heterocycles. The van der Waals surface area contributed by atoms with Gasteiger partial charge in [0.15, 0.2) is 0 Å². The van der Waals surface area contributed by atoms with E-state index in [1.165, 1.54) is 0 Å². The number of primary amides is 1. The van der Waals surface area contributed by atoms with E-state index in [0.29, 0.717) is 18.0 Å². The highest BCUT2D eigenvalue weighted by molar-refractivity contribution is 6.30. The van der Waals surface area contributed by atoms with Crippen LogP contribution in [0.3, 0.4) is 0 Å². The number of imidazole rings is 1. The highest BCUT2D eigenvalue weighted by Crippen LogP contribution is 2.26. The zero-order valence-corrected chi connectivity index (χ0v) is 14.7. The molecule has 1 unspecified atom stereocenters. The topological polar surface area (TPSA) is 81.2 Å². The largest absolute Gasteiger partial charge is 0.368 e. The molecule has 1 aromatic carbocycles. The first kappa shape index (κ1) is 17.5. The number of carbonyl (C=O) groups excluding carboxylic acids is 2. The fourth-order valence-corrected chi connectivity index (χ4v) is 3.54. The second kappa shape index (κ2) is 7.70. The van der Waals surface area contributed by atoms with Crippen molar-refractivity contribution in [2.75, 3.05) is 13.1 Å². The number of amides is 2. The fraction of sp³-hybridized carbons (Fsp3) is 0.389. The normalized spacial score (nSPS) is 17.5. The second-order valence-corrected chi connectivity index (χ2v) is 6.80. The summed E-state index contributed by atoms with van der Waals surface area (Å²) in [5.74, 6) is 0.620. The molecule has 0 aliphatic carbocycles. The van der Waals surface area contributed by atoms with E-state index in [1.807, 2.05) is 23.1 Å². The van der Waals surface area contributed by atoms with Gasteiger partial charge >= 0.3 is 0 Å². The van der Waals surface area contributed by atoms with Crippen LogP contribution in [0, 0.1) is 0 Å². The lowest BCUT2D eigenvalue weighted by Crippen LogP contribution is -2.40. The molecule has 0 radical (unpaired) electrons. The maximum atomic E-state index is 12.6. The minimum Gasteiger partial charge on any atom is -0.368 e. The maximum Gasteiger partial charge on any atom is 0.237 e. The molecule has 0 saturated carbocycles. The molecule has 1 aliphatic rings. The van der Waals surface area contributed by atoms with Crippen LogP contribution in [0.5, 0.6) is 0 Å². The average molecular weight is 361 g/mol. The van der Waals surface area contributed by atoms with Gasteiger partial charge in [0, 0.05) is 36.4 Å². The van der Waals surface area contributed by atoms with Crippen LogP contribution in [0.2, 0.25) is 5.02 Å². The van der Waals surface area contributed by atoms with E-state index in [0.717, 1.165) is 30.8 Å². The summed E-state index contributed by atoms with van der Waals surface area (Å²) in [5, 5.41) is 0.635. The number of hydrogen-bond donors (Lipinski definition) is 1. The Balaban J connectivity index is 1.68. The Bertz CT molecular complexity index is 774. The molecule has 3 rings (SSSR count). The zero-order chi connectivity index (χ0) is 17.8. The van der Waals surface area contributed by atoms with Crippen molar-refractivity contribution < 1.29 is 9.59 Å². The van der Waals surface area contributed by atoms with Crippen molar-refractivity contribution in [3.8, 4) is 0 Å². The number of piperidine rings is 1. The second-order valence-electron chi connectivity index (χ2n) is 6.37. The summed E-state index contributed by atoms with van der Waals surface area (Å²) < 4.78 is 1.78. The van der Waals surface area contributed by atoms with Crippen LogP contribution < -0.4 is 5.73 Å². The summed E-state index contributed by atoms with van der Waals surface area (Å²) in [6.45, 7) is 1.46. The standard InChI is InChI=1S/C18H21ClN4O2/c19-15-5-1-3-13(9-15)10-17(25)22-7-2-4-14(11-22)18-21-6-8-23(18)12-16(20)24/h1,3,5-6,8-9,14H,2,4,7,10-12H2,(H2,20,24). The van der Waals surface area contributed by atoms with Crippen LogP contribution in [0.15, 0.2) is 36.7 Å². The van der Waals surface area contributed by atoms with Crippen LogP contribution in [0.25, 0.3) is 0 Å². The van der Waals surface area contributed by atoms with Crippen molar-refractivity contribution in [3.05, 3.63) is 53.1 Å². The smallest absolute Gasteiger partial charge is 0.237 e. The van der Waals surface area contributed by atoms with Gasteiger partial charge in [0.2, 0.25) is 11.8 Å². The summed E-state index contributed by atoms with van der Waals surface area (Å²) in [5.41, 5.74) is 6.20. The van der Waals surface area contributed by atoms with Gasteiger partial charge in [0.25, 0.3) is 0 Å². The van der Waals surface area contributed by atoms with Crippen LogP contribution in [0.1, 0.15) is 30.1 Å². The summed E-state index contributed by atoms with van der Waals surface area (Å²) in [4.78, 5) is 30.1. The summed E-state index contributed by atoms with van der Waals surface area (Å²) >= 11 is 5.99. The van der Waals surface area contributed by atoms with Crippen LogP contribution in [0.4, 0.5) is 0 Å². The number of nitrogens with zero attached hydrogens (tertiary/aromatic N) is 3. The first-order chi connectivity index (χ1) is 12.0. The van der Waals surface area contributed by atoms with Crippen molar-refractivity contribution in [1.82, 2.24) is 14.5 Å². The minimum atomic E-state index is -0.399. The highest BCUT2D eigenvalue weighted by Gasteiger charge is 2.27. The number of likely N-dealkylation sites (tertiary alicyclic amines) is 1. The van der Waals surface area contributed by atoms with E-state index >= 15 is 0 Å². The number of carbonyl (C=O) groups is 2. The molecular formula is C18H21ClN4O2. The van der Waals surface area contributed by atoms with Crippen molar-refractivity contribution in [1.29, 1.82) is 0 Å². The third kappa shape index (κ3) is 4.39. The van der Waals surface area contributed by atoms with Gasteiger partial charge in [-0.2, -0.15) is 0 Å². The van der Waals surface area contributed by atoms with Gasteiger partial charge in [-0.25, -0.2) is 4.98 Å². The summed E-state index contributed by atoms with van der Waals surface area (Å²) in [6.07, 6.45) is 5.62. The molecule has 0 bridgehead atoms. The van der Waals surface area contributed by atoms with Gasteiger partial charge in [-0.1, -0.05) is 23.7 Å². The molecule has 2 N–H and O–H groups in total. The average Bonchev–Trinajstić information content (AvgIpc) is 3.02. The van der Waals surface area contributed by atoms with Crippen molar-refractivity contribution in [2.45, 2.75) is 31.7 Å². The quantitative estimate of drug-likeness (QED) is 0.885. The Hall–Kier alpha value is -2.34. The SMILES string of the molecule is NC(=O)Cn1ccnc1C1CCCN(C(=O)Cc2cccc(Cl)c2)C1. The van der Waals surface area contributed by atoms with Gasteiger partial charge in [-0.3, -0.25) is 9.59 Å². The molecule has 2 heterocycles. The molecule has 2 aromatic rings. The van der Waals surface area contributed by atoms with Gasteiger partial charge < -0.3 is 15.2 Å². The van der Waals surface area contributed by atoms with E-state index in [4.69, 9.17) is 17.3 Å². The molecule has 25 heavy (non-hydrogen) atoms. The molecule has 1 saturated heterocycles. The molecular weight excluding hydrogens is 340 g/mol. The van der Waals surface area contributed by atoms with Gasteiger partial charge in [0.05, 0.1) is 6.42 Å². The van der Waals surface area contributed by atoms with E-state index in [1.54, 1.807) is 23.0 Å². The fourth-order valence-electron chi connectivity index (χ4n) is 3.33. The lowest BCUT2D eigenvalue weighted by molar-refractivity contribution is -0.131. The summed E-state index contributed by atoms with van der Waals surface area (Å²) in [6, 6.07) is 7.38. The first-order valence-electron chi connectivity index (χ1n) is 8.34. The summed E-state index contributed by atoms with van der Waals surface area (Å²) in [7, 11) is 0. The van der Waals surface area contributed by atoms with Gasteiger partial charge in [0.1, 0.15) is 12.4 Å². The maximum absolute atomic E-state index is 12.6. The molecule has 1 fully saturated rings. The number of aromatic nitrogens is 2. The third-order valence-corrected chi connectivity index (χ3v) is 4.69. The Morgan fingerprint density at radius 2 is 2.20 bits per heavy atom. The predicted molar refractivity (Wildman–Crippen MR) is 95.1 cm³/mol. The zero-order valence-electron chi connectivity index (χ0n) is 13.9. The van der Waals surface area contributed by atoms with E-state index in [2.05, 4.69) is 4.98 Å². The third-order valence-electron chi connectivity index (χ3n) is 4.46. The Kier molecular flexibility index (Phi) is 5.38. The lowest BCUT2D eigenvalue weighted by atomic mass is 9.96. The molecule has 0 spiro atoms. The van der Waals surface area contributed by atoms with Crippen LogP contribution in [-0.4, -0.2) is 39.4 Å². The van der Waals surface area contributed by atoms with Crippen molar-refractivity contribution in [2.24, 2.45) is 5.73 Å². The number of nitrogens with two attached hydrogens (primary N) is 1. The molecule has 2 amide bonds. The molecule has 7 heteroatoms. The number of halogens is 1. The van der Waals surface area contributed by atoms with Crippen LogP contribution in [-0.2, 0) is 22.6 Å². The molecule has 1 atom stereocenters. The van der Waals surface area contributed by atoms with Gasteiger partial charge in [-0.15, -0.1) is 0 Å². The number of hydrogen-bond acceptors (Lipinski definition) is 3. The Labute approximate surface area is 151 Å². The van der Waals surface area contributed by atoms with Gasteiger partial charge in [-0.05, 0) is 30.5 Å². The lowest BCUT2D eigenvalue weighted by Gasteiger charge is -2.32. The Morgan fingerprint density at radius 1 is 1.36 bits per heavy atom. The number of benzene rings is 1. The minimum absolute atomic E-state index is 0.0833. The predicted octanol–water partition coefficient (Wildman–Crippen LogP) is 1.97. The first-order valence-corrected chi connectivity index (χ1v) is 8.72. The monoisotopic (exact) mass is 360 g/mol. The Morgan fingerprint density at radius 3 is 2.96 bits per heavy atom. The van der Waals surface area contributed by atoms with E-state index < -0.39 is 5.91 Å². The van der Waals surface area contributed by atoms with E-state index in [9.17, 15) is 9.59 Å². The molecule has 6 nitrogen and oxygen atoms in total. The van der Waals surface area contributed by atoms with Crippen LogP contribution >= 0.6 is 11.6 Å². The number of rotatable bonds is 5. The van der Waals surface area contributed by atoms with Crippen molar-refractivity contribution in [3.63, 3.8) is 0 Å². The molecule has 132 valence electrons. The highest BCUT2D eigenvalue weighted by atomic mass is 35.5.